The smallest absolute Gasteiger partial charge is 0.150 e. The summed E-state index contributed by atoms with van der Waals surface area (Å²) in [6.07, 6.45) is 3.86. The average molecular weight is 251 g/mol. The number of halogens is 1. The minimum absolute atomic E-state index is 0.345. The Hall–Kier alpha value is -1.38. The van der Waals surface area contributed by atoms with Gasteiger partial charge in [-0.15, -0.1) is 0 Å². The first-order chi connectivity index (χ1) is 8.62. The molecule has 0 radical (unpaired) electrons. The second-order valence-electron chi connectivity index (χ2n) is 4.66. The van der Waals surface area contributed by atoms with E-state index in [1.807, 2.05) is 0 Å². The lowest BCUT2D eigenvalue weighted by atomic mass is 10.1. The number of rotatable bonds is 7. The first kappa shape index (κ1) is 14.7. The maximum absolute atomic E-state index is 13.5. The molecule has 0 heterocycles. The largest absolute Gasteiger partial charge is 0.369 e. The van der Waals surface area contributed by atoms with Crippen LogP contribution in [-0.4, -0.2) is 18.9 Å². The molecule has 1 unspecified atom stereocenters. The average Bonchev–Trinajstić information content (AvgIpc) is 2.38. The number of hydrogen-bond acceptors (Lipinski definition) is 2. The second kappa shape index (κ2) is 7.14. The van der Waals surface area contributed by atoms with Crippen LogP contribution in [-0.2, 0) is 0 Å². The zero-order valence-electron chi connectivity index (χ0n) is 11.4. The fraction of sp³-hybridized carbons (Fsp3) is 0.533. The van der Waals surface area contributed by atoms with E-state index < -0.39 is 0 Å². The molecule has 0 saturated heterocycles. The minimum atomic E-state index is -0.348. The summed E-state index contributed by atoms with van der Waals surface area (Å²) >= 11 is 0. The van der Waals surface area contributed by atoms with Gasteiger partial charge in [0.25, 0.3) is 0 Å². The molecule has 0 amide bonds. The van der Waals surface area contributed by atoms with E-state index in [9.17, 15) is 9.18 Å². The zero-order valence-corrected chi connectivity index (χ0v) is 11.4. The number of benzene rings is 1. The lowest BCUT2D eigenvalue weighted by Gasteiger charge is -2.31. The van der Waals surface area contributed by atoms with E-state index in [-0.39, 0.29) is 5.82 Å². The van der Waals surface area contributed by atoms with Gasteiger partial charge in [0.2, 0.25) is 0 Å². The van der Waals surface area contributed by atoms with Gasteiger partial charge in [-0.3, -0.25) is 4.79 Å². The van der Waals surface area contributed by atoms with Gasteiger partial charge >= 0.3 is 0 Å². The Balaban J connectivity index is 3.02. The summed E-state index contributed by atoms with van der Waals surface area (Å²) in [6, 6.07) is 4.88. The first-order valence-corrected chi connectivity index (χ1v) is 6.64. The normalized spacial score (nSPS) is 12.2. The van der Waals surface area contributed by atoms with Crippen molar-refractivity contribution in [2.24, 2.45) is 0 Å². The minimum Gasteiger partial charge on any atom is -0.369 e. The highest BCUT2D eigenvalue weighted by molar-refractivity contribution is 5.77. The summed E-state index contributed by atoms with van der Waals surface area (Å²) in [5.74, 6) is -0.348. The number of aldehydes is 1. The van der Waals surface area contributed by atoms with Crippen LogP contribution < -0.4 is 4.90 Å². The highest BCUT2D eigenvalue weighted by Crippen LogP contribution is 2.22. The molecule has 0 bridgehead atoms. The van der Waals surface area contributed by atoms with Gasteiger partial charge in [-0.2, -0.15) is 0 Å². The summed E-state index contributed by atoms with van der Waals surface area (Å²) < 4.78 is 13.5. The number of nitrogens with zero attached hydrogens (tertiary/aromatic N) is 1. The van der Waals surface area contributed by atoms with E-state index in [0.717, 1.165) is 31.5 Å². The molecule has 1 aromatic carbocycles. The Bertz CT molecular complexity index is 392. The van der Waals surface area contributed by atoms with Crippen LogP contribution in [0.2, 0.25) is 0 Å². The predicted octanol–water partition coefficient (Wildman–Crippen LogP) is 4.04. The number of carbonyl (C=O) groups excluding carboxylic acids is 1. The van der Waals surface area contributed by atoms with E-state index in [4.69, 9.17) is 0 Å². The third-order valence-corrected chi connectivity index (χ3v) is 3.25. The molecule has 2 nitrogen and oxygen atoms in total. The summed E-state index contributed by atoms with van der Waals surface area (Å²) in [4.78, 5) is 13.0. The molecule has 100 valence electrons. The highest BCUT2D eigenvalue weighted by atomic mass is 19.1. The third-order valence-electron chi connectivity index (χ3n) is 3.25. The quantitative estimate of drug-likeness (QED) is 0.681. The number of unbranched alkanes of at least 4 members (excludes halogenated alkanes) is 1. The Morgan fingerprint density at radius 3 is 2.61 bits per heavy atom. The molecule has 0 N–H and O–H groups in total. The van der Waals surface area contributed by atoms with Crippen molar-refractivity contribution >= 4 is 12.0 Å². The SMILES string of the molecule is CCCCN(c1cc(F)cc(C=O)c1)C(C)CC. The van der Waals surface area contributed by atoms with Crippen LogP contribution in [0.15, 0.2) is 18.2 Å². The second-order valence-corrected chi connectivity index (χ2v) is 4.66. The molecule has 18 heavy (non-hydrogen) atoms. The molecule has 0 aliphatic carbocycles. The molecule has 0 aromatic heterocycles. The van der Waals surface area contributed by atoms with Gasteiger partial charge in [-0.1, -0.05) is 20.3 Å². The van der Waals surface area contributed by atoms with Gasteiger partial charge in [-0.05, 0) is 38.0 Å². The van der Waals surface area contributed by atoms with Crippen molar-refractivity contribution in [3.8, 4) is 0 Å². The van der Waals surface area contributed by atoms with E-state index in [0.29, 0.717) is 17.9 Å². The third kappa shape index (κ3) is 3.83. The summed E-state index contributed by atoms with van der Waals surface area (Å²) in [7, 11) is 0. The van der Waals surface area contributed by atoms with Crippen LogP contribution in [0.5, 0.6) is 0 Å². The van der Waals surface area contributed by atoms with Gasteiger partial charge in [-0.25, -0.2) is 4.39 Å². The molecule has 1 rings (SSSR count). The van der Waals surface area contributed by atoms with Gasteiger partial charge in [0.05, 0.1) is 0 Å². The molecule has 0 aliphatic heterocycles. The Morgan fingerprint density at radius 2 is 2.06 bits per heavy atom. The first-order valence-electron chi connectivity index (χ1n) is 6.64. The van der Waals surface area contributed by atoms with Crippen LogP contribution in [0.4, 0.5) is 10.1 Å². The van der Waals surface area contributed by atoms with Crippen molar-refractivity contribution in [2.75, 3.05) is 11.4 Å². The monoisotopic (exact) mass is 251 g/mol. The number of hydrogen-bond donors (Lipinski definition) is 0. The topological polar surface area (TPSA) is 20.3 Å². The maximum atomic E-state index is 13.5. The number of carbonyl (C=O) groups is 1. The van der Waals surface area contributed by atoms with Gasteiger partial charge in [0, 0.05) is 23.8 Å². The molecule has 0 aliphatic rings. The fourth-order valence-corrected chi connectivity index (χ4v) is 1.98. The molecule has 0 spiro atoms. The van der Waals surface area contributed by atoms with Crippen LogP contribution >= 0.6 is 0 Å². The Labute approximate surface area is 109 Å². The van der Waals surface area contributed by atoms with E-state index in [1.165, 1.54) is 12.1 Å². The zero-order chi connectivity index (χ0) is 13.5. The van der Waals surface area contributed by atoms with E-state index in [2.05, 4.69) is 25.7 Å². The van der Waals surface area contributed by atoms with Crippen molar-refractivity contribution in [1.82, 2.24) is 0 Å². The number of anilines is 1. The Morgan fingerprint density at radius 1 is 1.33 bits per heavy atom. The maximum Gasteiger partial charge on any atom is 0.150 e. The van der Waals surface area contributed by atoms with Crippen molar-refractivity contribution in [2.45, 2.75) is 46.1 Å². The fourth-order valence-electron chi connectivity index (χ4n) is 1.98. The van der Waals surface area contributed by atoms with E-state index in [1.54, 1.807) is 6.07 Å². The Kier molecular flexibility index (Phi) is 5.83. The van der Waals surface area contributed by atoms with Crippen molar-refractivity contribution in [3.05, 3.63) is 29.6 Å². The van der Waals surface area contributed by atoms with Crippen molar-refractivity contribution < 1.29 is 9.18 Å². The lowest BCUT2D eigenvalue weighted by molar-refractivity contribution is 0.112. The predicted molar refractivity (Wildman–Crippen MR) is 73.8 cm³/mol. The van der Waals surface area contributed by atoms with Crippen LogP contribution in [0.1, 0.15) is 50.4 Å². The molecule has 3 heteroatoms. The molecule has 1 aromatic rings. The van der Waals surface area contributed by atoms with Crippen molar-refractivity contribution in [1.29, 1.82) is 0 Å². The summed E-state index contributed by atoms with van der Waals surface area (Å²) in [5, 5.41) is 0. The summed E-state index contributed by atoms with van der Waals surface area (Å²) in [5.41, 5.74) is 1.20. The molecular formula is C15H22FNO. The standard InChI is InChI=1S/C15H22FNO/c1-4-6-7-17(12(3)5-2)15-9-13(11-18)8-14(16)10-15/h8-12H,4-7H2,1-3H3. The van der Waals surface area contributed by atoms with Gasteiger partial charge in [0.15, 0.2) is 0 Å². The highest BCUT2D eigenvalue weighted by Gasteiger charge is 2.14. The van der Waals surface area contributed by atoms with Crippen molar-refractivity contribution in [3.63, 3.8) is 0 Å². The molecular weight excluding hydrogens is 229 g/mol. The van der Waals surface area contributed by atoms with Crippen LogP contribution in [0.3, 0.4) is 0 Å². The molecule has 0 saturated carbocycles. The molecule has 0 fully saturated rings. The summed E-state index contributed by atoms with van der Waals surface area (Å²) in [6.45, 7) is 7.27. The van der Waals surface area contributed by atoms with Gasteiger partial charge < -0.3 is 4.90 Å². The lowest BCUT2D eigenvalue weighted by Crippen LogP contribution is -2.33. The van der Waals surface area contributed by atoms with E-state index >= 15 is 0 Å². The van der Waals surface area contributed by atoms with Crippen LogP contribution in [0, 0.1) is 5.82 Å². The van der Waals surface area contributed by atoms with Gasteiger partial charge in [0.1, 0.15) is 12.1 Å². The molecule has 1 atom stereocenters. The van der Waals surface area contributed by atoms with Crippen LogP contribution in [0.25, 0.3) is 0 Å².